The minimum absolute atomic E-state index is 0.0440. The molecule has 0 unspecified atom stereocenters. The zero-order valence-electron chi connectivity index (χ0n) is 12.1. The summed E-state index contributed by atoms with van der Waals surface area (Å²) in [4.78, 5) is 26.2. The first-order valence-electron chi connectivity index (χ1n) is 6.75. The fourth-order valence-electron chi connectivity index (χ4n) is 2.25. The van der Waals surface area contributed by atoms with Gasteiger partial charge in [0.2, 0.25) is 0 Å². The van der Waals surface area contributed by atoms with Gasteiger partial charge in [-0.3, -0.25) is 4.79 Å². The van der Waals surface area contributed by atoms with Crippen LogP contribution in [0.25, 0.3) is 6.08 Å². The standard InChI is InChI=1S/C17H12ClNO3S/c1-19-13-8-11(17(21)22)6-7-14(13)23-15(16(19)20)9-10-4-2-3-5-12(10)18/h2-9H,1H3,(H,21,22)/p-1. The minimum atomic E-state index is -1.27. The van der Waals surface area contributed by atoms with E-state index in [1.165, 1.54) is 28.8 Å². The van der Waals surface area contributed by atoms with Crippen LogP contribution in [0.15, 0.2) is 52.3 Å². The summed E-state index contributed by atoms with van der Waals surface area (Å²) < 4.78 is 0. The Kier molecular flexibility index (Phi) is 4.15. The quantitative estimate of drug-likeness (QED) is 0.786. The molecule has 23 heavy (non-hydrogen) atoms. The lowest BCUT2D eigenvalue weighted by molar-refractivity contribution is -0.255. The van der Waals surface area contributed by atoms with Gasteiger partial charge >= 0.3 is 0 Å². The van der Waals surface area contributed by atoms with Crippen LogP contribution < -0.4 is 10.0 Å². The van der Waals surface area contributed by atoms with Gasteiger partial charge < -0.3 is 14.8 Å². The second-order valence-corrected chi connectivity index (χ2v) is 6.46. The lowest BCUT2D eigenvalue weighted by Crippen LogP contribution is -2.31. The maximum absolute atomic E-state index is 12.5. The van der Waals surface area contributed by atoms with Gasteiger partial charge in [-0.2, -0.15) is 0 Å². The lowest BCUT2D eigenvalue weighted by Gasteiger charge is -2.27. The summed E-state index contributed by atoms with van der Waals surface area (Å²) in [5.74, 6) is -1.48. The Hall–Kier alpha value is -2.24. The highest BCUT2D eigenvalue weighted by molar-refractivity contribution is 8.04. The van der Waals surface area contributed by atoms with Gasteiger partial charge in [0.15, 0.2) is 0 Å². The monoisotopic (exact) mass is 344 g/mol. The largest absolute Gasteiger partial charge is 0.545 e. The summed E-state index contributed by atoms with van der Waals surface area (Å²) in [6, 6.07) is 11.9. The second-order valence-electron chi connectivity index (χ2n) is 4.97. The van der Waals surface area contributed by atoms with Crippen molar-refractivity contribution in [3.63, 3.8) is 0 Å². The summed E-state index contributed by atoms with van der Waals surface area (Å²) in [6.45, 7) is 0. The van der Waals surface area contributed by atoms with Gasteiger partial charge in [0.05, 0.1) is 16.6 Å². The molecule has 0 saturated heterocycles. The Balaban J connectivity index is 2.04. The fourth-order valence-corrected chi connectivity index (χ4v) is 3.53. The number of hydrogen-bond acceptors (Lipinski definition) is 4. The number of aromatic carboxylic acids is 1. The van der Waals surface area contributed by atoms with E-state index < -0.39 is 5.97 Å². The molecule has 6 heteroatoms. The molecule has 3 rings (SSSR count). The van der Waals surface area contributed by atoms with Crippen LogP contribution >= 0.6 is 23.4 Å². The van der Waals surface area contributed by atoms with Crippen LogP contribution in [0.4, 0.5) is 5.69 Å². The molecule has 4 nitrogen and oxygen atoms in total. The third-order valence-electron chi connectivity index (χ3n) is 3.48. The van der Waals surface area contributed by atoms with Gasteiger partial charge in [-0.25, -0.2) is 0 Å². The van der Waals surface area contributed by atoms with E-state index in [-0.39, 0.29) is 11.5 Å². The summed E-state index contributed by atoms with van der Waals surface area (Å²) >= 11 is 7.42. The average molecular weight is 345 g/mol. The molecular weight excluding hydrogens is 334 g/mol. The molecule has 0 radical (unpaired) electrons. The molecule has 0 fully saturated rings. The number of anilines is 1. The second kappa shape index (κ2) is 6.10. The van der Waals surface area contributed by atoms with Crippen molar-refractivity contribution >= 4 is 47.0 Å². The number of hydrogen-bond donors (Lipinski definition) is 0. The van der Waals surface area contributed by atoms with Crippen molar-refractivity contribution in [3.05, 3.63) is 63.5 Å². The van der Waals surface area contributed by atoms with Crippen molar-refractivity contribution < 1.29 is 14.7 Å². The molecule has 1 heterocycles. The number of carbonyl (C=O) groups excluding carboxylic acids is 2. The van der Waals surface area contributed by atoms with Crippen LogP contribution in [0.1, 0.15) is 15.9 Å². The van der Waals surface area contributed by atoms with Gasteiger partial charge in [-0.15, -0.1) is 0 Å². The zero-order chi connectivity index (χ0) is 16.6. The number of fused-ring (bicyclic) bond motifs is 1. The van der Waals surface area contributed by atoms with Crippen LogP contribution in [0.2, 0.25) is 5.02 Å². The smallest absolute Gasteiger partial charge is 0.264 e. The predicted octanol–water partition coefficient (Wildman–Crippen LogP) is 2.81. The summed E-state index contributed by atoms with van der Waals surface area (Å²) in [5.41, 5.74) is 1.36. The molecule has 2 aromatic carbocycles. The first-order valence-corrected chi connectivity index (χ1v) is 7.94. The van der Waals surface area contributed by atoms with E-state index in [9.17, 15) is 14.7 Å². The number of carboxylic acid groups (broad SMARTS) is 1. The van der Waals surface area contributed by atoms with Crippen LogP contribution in [-0.2, 0) is 4.79 Å². The van der Waals surface area contributed by atoms with Gasteiger partial charge in [0, 0.05) is 17.0 Å². The van der Waals surface area contributed by atoms with Gasteiger partial charge in [0.25, 0.3) is 5.91 Å². The van der Waals surface area contributed by atoms with Gasteiger partial charge in [-0.1, -0.05) is 47.6 Å². The molecule has 2 aromatic rings. The van der Waals surface area contributed by atoms with E-state index >= 15 is 0 Å². The van der Waals surface area contributed by atoms with Crippen molar-refractivity contribution in [3.8, 4) is 0 Å². The number of likely N-dealkylation sites (N-methyl/N-ethyl adjacent to an activating group) is 1. The van der Waals surface area contributed by atoms with Crippen LogP contribution in [0, 0.1) is 0 Å². The Morgan fingerprint density at radius 1 is 1.26 bits per heavy atom. The van der Waals surface area contributed by atoms with Crippen molar-refractivity contribution in [2.75, 3.05) is 11.9 Å². The molecule has 0 N–H and O–H groups in total. The number of thioether (sulfide) groups is 1. The molecule has 0 spiro atoms. The maximum atomic E-state index is 12.5. The first kappa shape index (κ1) is 15.6. The number of rotatable bonds is 2. The predicted molar refractivity (Wildman–Crippen MR) is 89.5 cm³/mol. The van der Waals surface area contributed by atoms with E-state index in [0.717, 1.165) is 10.5 Å². The Morgan fingerprint density at radius 3 is 2.70 bits per heavy atom. The minimum Gasteiger partial charge on any atom is -0.545 e. The molecule has 116 valence electrons. The lowest BCUT2D eigenvalue weighted by atomic mass is 10.1. The van der Waals surface area contributed by atoms with E-state index in [1.54, 1.807) is 25.3 Å². The number of carboxylic acids is 1. The van der Waals surface area contributed by atoms with Crippen molar-refractivity contribution in [2.24, 2.45) is 0 Å². The normalized spacial score (nSPS) is 15.7. The Morgan fingerprint density at radius 2 is 2.00 bits per heavy atom. The van der Waals surface area contributed by atoms with Crippen molar-refractivity contribution in [1.82, 2.24) is 0 Å². The summed E-state index contributed by atoms with van der Waals surface area (Å²) in [5, 5.41) is 11.5. The molecule has 1 amide bonds. The topological polar surface area (TPSA) is 60.4 Å². The highest BCUT2D eigenvalue weighted by Crippen LogP contribution is 2.42. The molecule has 1 aliphatic rings. The number of benzene rings is 2. The number of halogens is 1. The SMILES string of the molecule is CN1C(=O)C(=Cc2ccccc2Cl)Sc2ccc(C(=O)[O-])cc21. The van der Waals surface area contributed by atoms with E-state index in [2.05, 4.69) is 0 Å². The summed E-state index contributed by atoms with van der Waals surface area (Å²) in [7, 11) is 1.61. The maximum Gasteiger partial charge on any atom is 0.264 e. The number of carbonyl (C=O) groups is 2. The number of nitrogens with zero attached hydrogens (tertiary/aromatic N) is 1. The third kappa shape index (κ3) is 2.98. The van der Waals surface area contributed by atoms with Gasteiger partial charge in [-0.05, 0) is 35.4 Å². The van der Waals surface area contributed by atoms with Crippen LogP contribution in [0.5, 0.6) is 0 Å². The highest BCUT2D eigenvalue weighted by Gasteiger charge is 2.26. The fraction of sp³-hybridized carbons (Fsp3) is 0.0588. The molecule has 1 aliphatic heterocycles. The van der Waals surface area contributed by atoms with Crippen molar-refractivity contribution in [1.29, 1.82) is 0 Å². The van der Waals surface area contributed by atoms with E-state index in [4.69, 9.17) is 11.6 Å². The molecule has 0 aliphatic carbocycles. The zero-order valence-corrected chi connectivity index (χ0v) is 13.6. The van der Waals surface area contributed by atoms with E-state index in [1.807, 2.05) is 18.2 Å². The average Bonchev–Trinajstić information content (AvgIpc) is 2.54. The summed E-state index contributed by atoms with van der Waals surface area (Å²) in [6.07, 6.45) is 1.74. The molecular formula is C17H11ClNO3S-. The Bertz CT molecular complexity index is 847. The third-order valence-corrected chi connectivity index (χ3v) is 4.90. The number of amides is 1. The molecule has 0 bridgehead atoms. The highest BCUT2D eigenvalue weighted by atomic mass is 35.5. The van der Waals surface area contributed by atoms with E-state index in [0.29, 0.717) is 15.6 Å². The van der Waals surface area contributed by atoms with Crippen LogP contribution in [-0.4, -0.2) is 18.9 Å². The van der Waals surface area contributed by atoms with Crippen molar-refractivity contribution in [2.45, 2.75) is 4.90 Å². The molecule has 0 atom stereocenters. The van der Waals surface area contributed by atoms with Crippen LogP contribution in [0.3, 0.4) is 0 Å². The van der Waals surface area contributed by atoms with Gasteiger partial charge in [0.1, 0.15) is 0 Å². The Labute approximate surface area is 142 Å². The first-order chi connectivity index (χ1) is 11.0. The molecule has 0 aromatic heterocycles. The molecule has 0 saturated carbocycles.